The molecule has 0 radical (unpaired) electrons. The molecule has 6 nitrogen and oxygen atoms in total. The zero-order valence-corrected chi connectivity index (χ0v) is 10.3. The molecule has 0 aliphatic carbocycles. The van der Waals surface area contributed by atoms with E-state index in [4.69, 9.17) is 21.1 Å². The lowest BCUT2D eigenvalue weighted by molar-refractivity contribution is 0.0660. The highest BCUT2D eigenvalue weighted by molar-refractivity contribution is 6.31. The molecular formula is C12H8ClN3O3. The van der Waals surface area contributed by atoms with Gasteiger partial charge in [-0.3, -0.25) is 0 Å². The van der Waals surface area contributed by atoms with E-state index in [1.54, 1.807) is 23.0 Å². The average Bonchev–Trinajstić information content (AvgIpc) is 2.97. The SMILES string of the molecule is O=C(O)c1ccc(Cn2cnc3cc(Cl)cnc32)o1. The van der Waals surface area contributed by atoms with Gasteiger partial charge >= 0.3 is 5.97 Å². The maximum Gasteiger partial charge on any atom is 0.371 e. The molecule has 0 aliphatic heterocycles. The second-order valence-electron chi connectivity index (χ2n) is 3.94. The van der Waals surface area contributed by atoms with Crippen molar-refractivity contribution in [2.24, 2.45) is 0 Å². The van der Waals surface area contributed by atoms with Crippen LogP contribution in [-0.2, 0) is 6.54 Å². The van der Waals surface area contributed by atoms with E-state index in [2.05, 4.69) is 9.97 Å². The van der Waals surface area contributed by atoms with Crippen LogP contribution in [0.15, 0.2) is 35.1 Å². The lowest BCUT2D eigenvalue weighted by Crippen LogP contribution is -1.98. The first-order valence-electron chi connectivity index (χ1n) is 5.42. The standard InChI is InChI=1S/C12H8ClN3O3/c13-7-3-9-11(14-4-7)16(6-15-9)5-8-1-2-10(19-8)12(17)18/h1-4,6H,5H2,(H,17,18). The number of aromatic nitrogens is 3. The van der Waals surface area contributed by atoms with E-state index in [-0.39, 0.29) is 5.76 Å². The average molecular weight is 278 g/mol. The molecule has 0 amide bonds. The number of halogens is 1. The number of imidazole rings is 1. The molecular weight excluding hydrogens is 270 g/mol. The van der Waals surface area contributed by atoms with Gasteiger partial charge in [0.2, 0.25) is 5.76 Å². The van der Waals surface area contributed by atoms with Gasteiger partial charge in [-0.2, -0.15) is 0 Å². The fraction of sp³-hybridized carbons (Fsp3) is 0.0833. The van der Waals surface area contributed by atoms with Gasteiger partial charge in [0.15, 0.2) is 5.65 Å². The third-order valence-corrected chi connectivity index (χ3v) is 2.83. The summed E-state index contributed by atoms with van der Waals surface area (Å²) in [6, 6.07) is 4.75. The topological polar surface area (TPSA) is 81.1 Å². The third-order valence-electron chi connectivity index (χ3n) is 2.62. The van der Waals surface area contributed by atoms with Gasteiger partial charge in [0, 0.05) is 6.20 Å². The molecule has 0 fully saturated rings. The summed E-state index contributed by atoms with van der Waals surface area (Å²) in [5, 5.41) is 9.30. The lowest BCUT2D eigenvalue weighted by Gasteiger charge is -2.00. The fourth-order valence-corrected chi connectivity index (χ4v) is 1.94. The molecule has 7 heteroatoms. The molecule has 96 valence electrons. The Bertz CT molecular complexity index is 763. The number of fused-ring (bicyclic) bond motifs is 1. The van der Waals surface area contributed by atoms with Crippen molar-refractivity contribution in [3.63, 3.8) is 0 Å². The van der Waals surface area contributed by atoms with E-state index in [0.717, 1.165) is 0 Å². The summed E-state index contributed by atoms with van der Waals surface area (Å²) in [5.74, 6) is -0.657. The molecule has 0 atom stereocenters. The number of hydrogen-bond acceptors (Lipinski definition) is 4. The molecule has 19 heavy (non-hydrogen) atoms. The Morgan fingerprint density at radius 1 is 1.42 bits per heavy atom. The molecule has 3 heterocycles. The third kappa shape index (κ3) is 2.17. The Hall–Kier alpha value is -2.34. The van der Waals surface area contributed by atoms with Crippen LogP contribution in [0.3, 0.4) is 0 Å². The monoisotopic (exact) mass is 277 g/mol. The number of furan rings is 1. The van der Waals surface area contributed by atoms with Crippen LogP contribution in [0.25, 0.3) is 11.2 Å². The molecule has 1 N–H and O–H groups in total. The summed E-state index contributed by atoms with van der Waals surface area (Å²) in [6.07, 6.45) is 3.14. The predicted octanol–water partition coefficient (Wildman–Crippen LogP) is 2.42. The first-order chi connectivity index (χ1) is 9.13. The molecule has 0 saturated carbocycles. The van der Waals surface area contributed by atoms with Crippen molar-refractivity contribution in [3.05, 3.63) is 47.3 Å². The molecule has 3 rings (SSSR count). The molecule has 0 aliphatic rings. The van der Waals surface area contributed by atoms with Gasteiger partial charge in [0.05, 0.1) is 17.9 Å². The number of carboxylic acids is 1. The number of hydrogen-bond donors (Lipinski definition) is 1. The Kier molecular flexibility index (Phi) is 2.72. The van der Waals surface area contributed by atoms with Crippen molar-refractivity contribution in [1.29, 1.82) is 0 Å². The van der Waals surface area contributed by atoms with Gasteiger partial charge in [0.1, 0.15) is 11.3 Å². The summed E-state index contributed by atoms with van der Waals surface area (Å²) in [5.41, 5.74) is 1.34. The minimum absolute atomic E-state index is 0.0876. The molecule has 0 saturated heterocycles. The summed E-state index contributed by atoms with van der Waals surface area (Å²) in [4.78, 5) is 19.1. The van der Waals surface area contributed by atoms with Crippen molar-refractivity contribution in [1.82, 2.24) is 14.5 Å². The number of aromatic carboxylic acids is 1. The van der Waals surface area contributed by atoms with Crippen LogP contribution in [0.5, 0.6) is 0 Å². The number of rotatable bonds is 3. The molecule has 0 spiro atoms. The van der Waals surface area contributed by atoms with Crippen molar-refractivity contribution in [2.45, 2.75) is 6.54 Å². The van der Waals surface area contributed by atoms with Crippen LogP contribution in [0, 0.1) is 0 Å². The van der Waals surface area contributed by atoms with Crippen LogP contribution in [-0.4, -0.2) is 25.6 Å². The van der Waals surface area contributed by atoms with Gasteiger partial charge in [-0.15, -0.1) is 0 Å². The second-order valence-corrected chi connectivity index (χ2v) is 4.38. The van der Waals surface area contributed by atoms with Gasteiger partial charge in [-0.25, -0.2) is 14.8 Å². The Balaban J connectivity index is 1.94. The van der Waals surface area contributed by atoms with E-state index in [0.29, 0.717) is 28.5 Å². The van der Waals surface area contributed by atoms with E-state index >= 15 is 0 Å². The Morgan fingerprint density at radius 2 is 2.26 bits per heavy atom. The maximum absolute atomic E-state index is 10.7. The largest absolute Gasteiger partial charge is 0.475 e. The van der Waals surface area contributed by atoms with Gasteiger partial charge < -0.3 is 14.1 Å². The minimum Gasteiger partial charge on any atom is -0.475 e. The van der Waals surface area contributed by atoms with Crippen LogP contribution in [0.2, 0.25) is 5.02 Å². The number of carboxylic acid groups (broad SMARTS) is 1. The fourth-order valence-electron chi connectivity index (χ4n) is 1.79. The zero-order chi connectivity index (χ0) is 13.4. The summed E-state index contributed by atoms with van der Waals surface area (Å²) >= 11 is 5.83. The second kappa shape index (κ2) is 4.40. The highest BCUT2D eigenvalue weighted by Crippen LogP contribution is 2.17. The van der Waals surface area contributed by atoms with Crippen molar-refractivity contribution in [2.75, 3.05) is 0 Å². The molecule has 3 aromatic rings. The Morgan fingerprint density at radius 3 is 3.00 bits per heavy atom. The lowest BCUT2D eigenvalue weighted by atomic mass is 10.4. The first kappa shape index (κ1) is 11.7. The van der Waals surface area contributed by atoms with Crippen LogP contribution >= 0.6 is 11.6 Å². The number of pyridine rings is 1. The van der Waals surface area contributed by atoms with Crippen LogP contribution < -0.4 is 0 Å². The smallest absolute Gasteiger partial charge is 0.371 e. The predicted molar refractivity (Wildman–Crippen MR) is 67.3 cm³/mol. The first-order valence-corrected chi connectivity index (χ1v) is 5.79. The van der Waals surface area contributed by atoms with Crippen molar-refractivity contribution < 1.29 is 14.3 Å². The molecule has 0 unspecified atom stereocenters. The van der Waals surface area contributed by atoms with E-state index < -0.39 is 5.97 Å². The highest BCUT2D eigenvalue weighted by Gasteiger charge is 2.11. The van der Waals surface area contributed by atoms with Crippen LogP contribution in [0.1, 0.15) is 16.3 Å². The van der Waals surface area contributed by atoms with Crippen molar-refractivity contribution >= 4 is 28.7 Å². The number of carbonyl (C=O) groups is 1. The maximum atomic E-state index is 10.7. The minimum atomic E-state index is -1.09. The van der Waals surface area contributed by atoms with E-state index in [1.807, 2.05) is 0 Å². The molecule has 0 aromatic carbocycles. The molecule has 3 aromatic heterocycles. The van der Waals surface area contributed by atoms with Gasteiger partial charge in [-0.1, -0.05) is 11.6 Å². The van der Waals surface area contributed by atoms with Gasteiger partial charge in [0.25, 0.3) is 0 Å². The summed E-state index contributed by atoms with van der Waals surface area (Å²) in [7, 11) is 0. The van der Waals surface area contributed by atoms with E-state index in [9.17, 15) is 4.79 Å². The summed E-state index contributed by atoms with van der Waals surface area (Å²) < 4.78 is 6.95. The van der Waals surface area contributed by atoms with Crippen LogP contribution in [0.4, 0.5) is 0 Å². The van der Waals surface area contributed by atoms with Crippen molar-refractivity contribution in [3.8, 4) is 0 Å². The normalized spacial score (nSPS) is 11.0. The highest BCUT2D eigenvalue weighted by atomic mass is 35.5. The zero-order valence-electron chi connectivity index (χ0n) is 9.58. The Labute approximate surface area is 112 Å². The van der Waals surface area contributed by atoms with E-state index in [1.165, 1.54) is 12.3 Å². The number of nitrogens with zero attached hydrogens (tertiary/aromatic N) is 3. The summed E-state index contributed by atoms with van der Waals surface area (Å²) in [6.45, 7) is 0.360. The molecule has 0 bridgehead atoms. The quantitative estimate of drug-likeness (QED) is 0.795. The van der Waals surface area contributed by atoms with Gasteiger partial charge in [-0.05, 0) is 18.2 Å².